The number of fused-ring (bicyclic) bond motifs is 1. The van der Waals surface area contributed by atoms with Gasteiger partial charge in [0.05, 0.1) is 18.9 Å². The van der Waals surface area contributed by atoms with E-state index in [0.717, 1.165) is 29.7 Å². The average molecular weight is 521 g/mol. The summed E-state index contributed by atoms with van der Waals surface area (Å²) < 4.78 is 11.5. The molecule has 0 radical (unpaired) electrons. The Morgan fingerprint density at radius 1 is 1.13 bits per heavy atom. The quantitative estimate of drug-likeness (QED) is 0.339. The molecule has 1 heterocycles. The number of amides is 1. The summed E-state index contributed by atoms with van der Waals surface area (Å²) in [6.45, 7) is 3.27. The summed E-state index contributed by atoms with van der Waals surface area (Å²) in [5, 5.41) is 0. The van der Waals surface area contributed by atoms with Crippen LogP contribution in [-0.2, 0) is 20.9 Å². The summed E-state index contributed by atoms with van der Waals surface area (Å²) >= 11 is 0. The van der Waals surface area contributed by atoms with Crippen LogP contribution in [0.25, 0.3) is 0 Å². The van der Waals surface area contributed by atoms with Crippen molar-refractivity contribution >= 4 is 23.5 Å². The van der Waals surface area contributed by atoms with Gasteiger partial charge in [0.25, 0.3) is 0 Å². The Morgan fingerprint density at radius 2 is 1.89 bits per heavy atom. The third-order valence-electron chi connectivity index (χ3n) is 7.47. The van der Waals surface area contributed by atoms with Gasteiger partial charge in [0.15, 0.2) is 5.96 Å². The third-order valence-corrected chi connectivity index (χ3v) is 7.47. The van der Waals surface area contributed by atoms with Gasteiger partial charge in [0.2, 0.25) is 5.91 Å². The topological polar surface area (TPSA) is 97.5 Å². The summed E-state index contributed by atoms with van der Waals surface area (Å²) in [5.74, 6) is 0.962. The molecule has 0 bridgehead atoms. The zero-order valence-corrected chi connectivity index (χ0v) is 22.6. The van der Waals surface area contributed by atoms with Gasteiger partial charge in [-0.2, -0.15) is 0 Å². The number of carbonyl (C=O) groups excluding carboxylic acids is 2. The van der Waals surface area contributed by atoms with Crippen LogP contribution in [0.1, 0.15) is 68.9 Å². The highest BCUT2D eigenvalue weighted by molar-refractivity contribution is 5.87. The molecule has 1 aliphatic carbocycles. The van der Waals surface area contributed by atoms with E-state index in [1.54, 1.807) is 4.90 Å². The van der Waals surface area contributed by atoms with Gasteiger partial charge in [0.1, 0.15) is 12.3 Å². The summed E-state index contributed by atoms with van der Waals surface area (Å²) in [5.41, 5.74) is 8.95. The van der Waals surface area contributed by atoms with E-state index < -0.39 is 0 Å². The van der Waals surface area contributed by atoms with Crippen LogP contribution in [0, 0.1) is 0 Å². The first-order chi connectivity index (χ1) is 18.4. The lowest BCUT2D eigenvalue weighted by Gasteiger charge is -2.31. The van der Waals surface area contributed by atoms with E-state index in [0.29, 0.717) is 50.4 Å². The molecule has 2 aromatic carbocycles. The first-order valence-corrected chi connectivity index (χ1v) is 13.7. The lowest BCUT2D eigenvalue weighted by atomic mass is 9.94. The number of esters is 1. The predicted molar refractivity (Wildman–Crippen MR) is 148 cm³/mol. The molecule has 4 rings (SSSR count). The molecule has 0 saturated heterocycles. The molecule has 1 atom stereocenters. The molecule has 1 aliphatic heterocycles. The van der Waals surface area contributed by atoms with Crippen LogP contribution in [-0.4, -0.2) is 60.5 Å². The lowest BCUT2D eigenvalue weighted by Crippen LogP contribution is -2.42. The lowest BCUT2D eigenvalue weighted by molar-refractivity contribution is -0.144. The van der Waals surface area contributed by atoms with Crippen molar-refractivity contribution in [3.05, 3.63) is 59.7 Å². The second-order valence-electron chi connectivity index (χ2n) is 10.4. The summed E-state index contributed by atoms with van der Waals surface area (Å²) in [7, 11) is 1.93. The van der Waals surface area contributed by atoms with Crippen LogP contribution in [0.5, 0.6) is 5.75 Å². The van der Waals surface area contributed by atoms with Crippen molar-refractivity contribution in [1.29, 1.82) is 0 Å². The number of benzene rings is 2. The number of hydrogen-bond acceptors (Lipinski definition) is 7. The van der Waals surface area contributed by atoms with Crippen molar-refractivity contribution in [2.75, 3.05) is 26.8 Å². The van der Waals surface area contributed by atoms with Gasteiger partial charge in [-0.15, -0.1) is 0 Å². The zero-order chi connectivity index (χ0) is 26.9. The van der Waals surface area contributed by atoms with Crippen molar-refractivity contribution in [2.45, 2.75) is 70.4 Å². The molecule has 2 N–H and O–H groups in total. The van der Waals surface area contributed by atoms with Gasteiger partial charge < -0.3 is 25.0 Å². The second kappa shape index (κ2) is 13.3. The Hall–Kier alpha value is -3.55. The zero-order valence-electron chi connectivity index (χ0n) is 22.6. The van der Waals surface area contributed by atoms with Crippen molar-refractivity contribution in [3.63, 3.8) is 0 Å². The van der Waals surface area contributed by atoms with Crippen LogP contribution in [0.3, 0.4) is 0 Å². The van der Waals surface area contributed by atoms with Crippen LogP contribution in [0.15, 0.2) is 53.5 Å². The van der Waals surface area contributed by atoms with Gasteiger partial charge in [-0.1, -0.05) is 56.5 Å². The van der Waals surface area contributed by atoms with E-state index in [-0.39, 0.29) is 24.3 Å². The molecule has 8 heteroatoms. The summed E-state index contributed by atoms with van der Waals surface area (Å²) in [4.78, 5) is 33.2. The minimum atomic E-state index is -0.343. The van der Waals surface area contributed by atoms with Crippen molar-refractivity contribution < 1.29 is 19.1 Å². The number of guanidine groups is 1. The average Bonchev–Trinajstić information content (AvgIpc) is 2.95. The molecular weight excluding hydrogens is 480 g/mol. The second-order valence-corrected chi connectivity index (χ2v) is 10.4. The minimum Gasteiger partial charge on any atom is -0.494 e. The Morgan fingerprint density at radius 3 is 2.66 bits per heavy atom. The largest absolute Gasteiger partial charge is 0.494 e. The summed E-state index contributed by atoms with van der Waals surface area (Å²) in [6.07, 6.45) is 7.08. The van der Waals surface area contributed by atoms with E-state index in [1.807, 2.05) is 67.4 Å². The molecule has 1 fully saturated rings. The fourth-order valence-electron chi connectivity index (χ4n) is 5.06. The molecule has 1 amide bonds. The highest BCUT2D eigenvalue weighted by Gasteiger charge is 2.23. The number of carbonyl (C=O) groups is 2. The number of aliphatic imine (C=N–C) groups is 1. The predicted octanol–water partition coefficient (Wildman–Crippen LogP) is 4.75. The van der Waals surface area contributed by atoms with Gasteiger partial charge in [0, 0.05) is 37.5 Å². The monoisotopic (exact) mass is 520 g/mol. The Labute approximate surface area is 225 Å². The number of rotatable bonds is 11. The highest BCUT2D eigenvalue weighted by atomic mass is 16.5. The van der Waals surface area contributed by atoms with E-state index >= 15 is 0 Å². The molecular formula is C30H40N4O4. The van der Waals surface area contributed by atoms with Crippen molar-refractivity contribution in [3.8, 4) is 5.75 Å². The SMILES string of the molecule is CC(COC(=O)CN1Cc2cc(OCCCC(=O)N(C)C3CCCCC3)ccc2N=C1N)c1ccccc1. The molecule has 38 heavy (non-hydrogen) atoms. The third kappa shape index (κ3) is 7.49. The normalized spacial score (nSPS) is 16.3. The van der Waals surface area contributed by atoms with Crippen LogP contribution >= 0.6 is 0 Å². The maximum atomic E-state index is 12.6. The van der Waals surface area contributed by atoms with Gasteiger partial charge in [-0.05, 0) is 43.0 Å². The Bertz CT molecular complexity index is 1110. The number of ether oxygens (including phenoxy) is 2. The first-order valence-electron chi connectivity index (χ1n) is 13.7. The molecule has 1 unspecified atom stereocenters. The molecule has 8 nitrogen and oxygen atoms in total. The molecule has 2 aliphatic rings. The Balaban J connectivity index is 1.22. The van der Waals surface area contributed by atoms with Crippen LogP contribution < -0.4 is 10.5 Å². The smallest absolute Gasteiger partial charge is 0.325 e. The fraction of sp³-hybridized carbons (Fsp3) is 0.500. The Kier molecular flexibility index (Phi) is 9.62. The standard InChI is InChI=1S/C30H40N4O4/c1-22(23-10-5-3-6-11-23)21-38-29(36)20-34-19-24-18-26(15-16-27(24)32-30(34)31)37-17-9-14-28(35)33(2)25-12-7-4-8-13-25/h3,5-6,10-11,15-16,18,22,25H,4,7-9,12-14,17,19-21H2,1-2H3,(H2,31,32). The van der Waals surface area contributed by atoms with Gasteiger partial charge in [-0.25, -0.2) is 4.99 Å². The number of nitrogens with zero attached hydrogens (tertiary/aromatic N) is 3. The molecule has 204 valence electrons. The fourth-order valence-corrected chi connectivity index (χ4v) is 5.06. The number of hydrogen-bond donors (Lipinski definition) is 1. The van der Waals surface area contributed by atoms with Crippen LogP contribution in [0.4, 0.5) is 5.69 Å². The summed E-state index contributed by atoms with van der Waals surface area (Å²) in [6, 6.07) is 16.0. The number of nitrogens with two attached hydrogens (primary N) is 1. The van der Waals surface area contributed by atoms with E-state index in [4.69, 9.17) is 15.2 Å². The maximum absolute atomic E-state index is 12.6. The van der Waals surface area contributed by atoms with E-state index in [1.165, 1.54) is 19.3 Å². The maximum Gasteiger partial charge on any atom is 0.325 e. The molecule has 1 saturated carbocycles. The first kappa shape index (κ1) is 27.5. The molecule has 0 spiro atoms. The van der Waals surface area contributed by atoms with E-state index in [9.17, 15) is 9.59 Å². The van der Waals surface area contributed by atoms with Gasteiger partial charge >= 0.3 is 5.97 Å². The molecule has 0 aromatic heterocycles. The van der Waals surface area contributed by atoms with E-state index in [2.05, 4.69) is 4.99 Å². The van der Waals surface area contributed by atoms with Crippen molar-refractivity contribution in [1.82, 2.24) is 9.80 Å². The van der Waals surface area contributed by atoms with Crippen molar-refractivity contribution in [2.24, 2.45) is 10.7 Å². The minimum absolute atomic E-state index is 0.0258. The highest BCUT2D eigenvalue weighted by Crippen LogP contribution is 2.29. The molecule has 2 aromatic rings. The van der Waals surface area contributed by atoms with Gasteiger partial charge in [-0.3, -0.25) is 9.59 Å². The van der Waals surface area contributed by atoms with Crippen LogP contribution in [0.2, 0.25) is 0 Å².